The smallest absolute Gasteiger partial charge is 0.103 e. The Morgan fingerprint density at radius 1 is 1.50 bits per heavy atom. The van der Waals surface area contributed by atoms with Crippen LogP contribution in [0.2, 0.25) is 0 Å². The monoisotopic (exact) mass is 193 g/mol. The first-order chi connectivity index (χ1) is 5.83. The van der Waals surface area contributed by atoms with Crippen molar-refractivity contribution >= 4 is 24.6 Å². The van der Waals surface area contributed by atoms with Crippen LogP contribution in [0.1, 0.15) is 12.5 Å². The van der Waals surface area contributed by atoms with E-state index in [1.807, 2.05) is 0 Å². The molecule has 0 aliphatic carbocycles. The SMILES string of the molecule is CC1Cc2ccccc2N1[SiH2][SiH3]. The average Bonchev–Trinajstić information content (AvgIpc) is 2.40. The second-order valence-corrected chi connectivity index (χ2v) is 6.68. The van der Waals surface area contributed by atoms with Crippen molar-refractivity contribution in [1.82, 2.24) is 0 Å². The Morgan fingerprint density at radius 3 is 3.00 bits per heavy atom. The van der Waals surface area contributed by atoms with Crippen molar-refractivity contribution in [2.24, 2.45) is 0 Å². The molecule has 1 aliphatic rings. The summed E-state index contributed by atoms with van der Waals surface area (Å²) in [6.07, 6.45) is 1.27. The normalized spacial score (nSPS) is 22.4. The third-order valence-corrected chi connectivity index (χ3v) is 6.38. The van der Waals surface area contributed by atoms with Crippen molar-refractivity contribution in [1.29, 1.82) is 0 Å². The van der Waals surface area contributed by atoms with Gasteiger partial charge < -0.3 is 4.57 Å². The van der Waals surface area contributed by atoms with Crippen LogP contribution in [-0.4, -0.2) is 25.0 Å². The van der Waals surface area contributed by atoms with Crippen molar-refractivity contribution < 1.29 is 0 Å². The molecule has 1 aliphatic heterocycles. The number of anilines is 1. The first-order valence-electron chi connectivity index (χ1n) is 4.67. The summed E-state index contributed by atoms with van der Waals surface area (Å²) in [5.74, 6) is 0. The summed E-state index contributed by atoms with van der Waals surface area (Å²) in [6, 6.07) is 9.66. The van der Waals surface area contributed by atoms with Crippen molar-refractivity contribution in [3.8, 4) is 0 Å². The summed E-state index contributed by atoms with van der Waals surface area (Å²) in [7, 11) is 1.51. The van der Waals surface area contributed by atoms with Crippen LogP contribution in [0.15, 0.2) is 24.3 Å². The maximum absolute atomic E-state index is 2.67. The Balaban J connectivity index is 2.40. The Hall–Kier alpha value is -0.546. The van der Waals surface area contributed by atoms with E-state index in [0.717, 1.165) is 6.04 Å². The van der Waals surface area contributed by atoms with E-state index in [0.29, 0.717) is 0 Å². The molecule has 3 heteroatoms. The zero-order valence-corrected chi connectivity index (χ0v) is 11.2. The maximum Gasteiger partial charge on any atom is 0.103 e. The Kier molecular flexibility index (Phi) is 2.06. The number of benzene rings is 1. The van der Waals surface area contributed by atoms with Crippen molar-refractivity contribution in [2.75, 3.05) is 4.57 Å². The lowest BCUT2D eigenvalue weighted by Crippen LogP contribution is -2.33. The number of hydrogen-bond acceptors (Lipinski definition) is 1. The lowest BCUT2D eigenvalue weighted by Gasteiger charge is -2.22. The van der Waals surface area contributed by atoms with Gasteiger partial charge in [-0.3, -0.25) is 0 Å². The standard InChI is InChI=1S/C9H15NSi2/c1-7-6-8-4-2-3-5-9(8)10(7)12-11/h2-5,7H,6,12H2,1,11H3. The topological polar surface area (TPSA) is 3.24 Å². The van der Waals surface area contributed by atoms with Crippen LogP contribution in [0.3, 0.4) is 0 Å². The van der Waals surface area contributed by atoms with Gasteiger partial charge in [0.15, 0.2) is 0 Å². The highest BCUT2D eigenvalue weighted by molar-refractivity contribution is 6.91. The molecule has 1 atom stereocenters. The molecule has 1 nitrogen and oxygen atoms in total. The van der Waals surface area contributed by atoms with Gasteiger partial charge >= 0.3 is 0 Å². The van der Waals surface area contributed by atoms with Gasteiger partial charge in [0.25, 0.3) is 0 Å². The molecule has 2 rings (SSSR count). The molecule has 1 aromatic carbocycles. The van der Waals surface area contributed by atoms with Crippen LogP contribution < -0.4 is 4.57 Å². The first-order valence-corrected chi connectivity index (χ1v) is 11.0. The third kappa shape index (κ3) is 1.13. The lowest BCUT2D eigenvalue weighted by atomic mass is 10.1. The van der Waals surface area contributed by atoms with Crippen LogP contribution in [0.4, 0.5) is 5.69 Å². The molecule has 0 spiro atoms. The van der Waals surface area contributed by atoms with Crippen LogP contribution in [0, 0.1) is 0 Å². The van der Waals surface area contributed by atoms with Gasteiger partial charge in [0.05, 0.1) is 0 Å². The van der Waals surface area contributed by atoms with E-state index < -0.39 is 0 Å². The predicted molar refractivity (Wildman–Crippen MR) is 60.6 cm³/mol. The fourth-order valence-electron chi connectivity index (χ4n) is 2.11. The minimum absolute atomic E-state index is 0.107. The Morgan fingerprint density at radius 2 is 2.25 bits per heavy atom. The molecule has 0 radical (unpaired) electrons. The van der Waals surface area contributed by atoms with E-state index in [-0.39, 0.29) is 9.20 Å². The Labute approximate surface area is 78.9 Å². The molecular formula is C9H15NSi2. The molecule has 0 fully saturated rings. The van der Waals surface area contributed by atoms with Crippen molar-refractivity contribution in [3.05, 3.63) is 29.8 Å². The summed E-state index contributed by atoms with van der Waals surface area (Å²) in [5.41, 5.74) is 3.10. The molecular weight excluding hydrogens is 178 g/mol. The summed E-state index contributed by atoms with van der Waals surface area (Å²) >= 11 is 0. The molecule has 0 amide bonds. The van der Waals surface area contributed by atoms with Gasteiger partial charge in [-0.25, -0.2) is 0 Å². The van der Waals surface area contributed by atoms with Gasteiger partial charge in [0, 0.05) is 21.5 Å². The summed E-state index contributed by atoms with van der Waals surface area (Å²) in [6.45, 7) is 2.35. The number of fused-ring (bicyclic) bond motifs is 1. The molecule has 0 bridgehead atoms. The van der Waals surface area contributed by atoms with Crippen LogP contribution in [0.5, 0.6) is 0 Å². The first kappa shape index (κ1) is 8.07. The van der Waals surface area contributed by atoms with Gasteiger partial charge in [0.2, 0.25) is 0 Å². The largest absolute Gasteiger partial charge is 0.404 e. The van der Waals surface area contributed by atoms with Gasteiger partial charge in [-0.2, -0.15) is 0 Å². The van der Waals surface area contributed by atoms with Gasteiger partial charge in [-0.05, 0) is 25.0 Å². The van der Waals surface area contributed by atoms with Gasteiger partial charge in [-0.1, -0.05) is 18.2 Å². The van der Waals surface area contributed by atoms with E-state index in [2.05, 4.69) is 35.8 Å². The molecule has 0 N–H and O–H groups in total. The maximum atomic E-state index is 2.67. The fraction of sp³-hybridized carbons (Fsp3) is 0.333. The van der Waals surface area contributed by atoms with E-state index in [1.165, 1.54) is 21.9 Å². The predicted octanol–water partition coefficient (Wildman–Crippen LogP) is -0.198. The second kappa shape index (κ2) is 3.07. The van der Waals surface area contributed by atoms with E-state index in [4.69, 9.17) is 0 Å². The molecule has 12 heavy (non-hydrogen) atoms. The number of nitrogens with zero attached hydrogens (tertiary/aromatic N) is 1. The highest BCUT2D eigenvalue weighted by atomic mass is 29.1. The van der Waals surface area contributed by atoms with E-state index in [1.54, 1.807) is 5.56 Å². The second-order valence-electron chi connectivity index (χ2n) is 3.47. The summed E-state index contributed by atoms with van der Waals surface area (Å²) in [5, 5.41) is 0. The summed E-state index contributed by atoms with van der Waals surface area (Å²) in [4.78, 5) is 0. The number of para-hydroxylation sites is 1. The van der Waals surface area contributed by atoms with Crippen molar-refractivity contribution in [2.45, 2.75) is 19.4 Å². The van der Waals surface area contributed by atoms with E-state index >= 15 is 0 Å². The Bertz CT molecular complexity index is 288. The lowest BCUT2D eigenvalue weighted by molar-refractivity contribution is 0.787. The molecule has 1 unspecified atom stereocenters. The minimum Gasteiger partial charge on any atom is -0.404 e. The molecule has 1 aromatic rings. The molecule has 0 saturated carbocycles. The molecule has 1 heterocycles. The van der Waals surface area contributed by atoms with Crippen LogP contribution in [0.25, 0.3) is 0 Å². The van der Waals surface area contributed by atoms with Gasteiger partial charge in [-0.15, -0.1) is 0 Å². The van der Waals surface area contributed by atoms with Crippen LogP contribution >= 0.6 is 0 Å². The highest BCUT2D eigenvalue weighted by Gasteiger charge is 2.22. The van der Waals surface area contributed by atoms with E-state index in [9.17, 15) is 0 Å². The highest BCUT2D eigenvalue weighted by Crippen LogP contribution is 2.30. The van der Waals surface area contributed by atoms with Gasteiger partial charge in [0.1, 0.15) is 9.20 Å². The molecule has 0 saturated heterocycles. The zero-order chi connectivity index (χ0) is 8.55. The zero-order valence-electron chi connectivity index (χ0n) is 7.75. The number of rotatable bonds is 1. The van der Waals surface area contributed by atoms with Crippen LogP contribution in [-0.2, 0) is 6.42 Å². The summed E-state index contributed by atoms with van der Waals surface area (Å²) < 4.78 is 2.67. The quantitative estimate of drug-likeness (QED) is 0.559. The molecule has 0 aromatic heterocycles. The molecule has 64 valence electrons. The third-order valence-electron chi connectivity index (χ3n) is 2.69. The minimum atomic E-state index is 0.107. The fourth-order valence-corrected chi connectivity index (χ4v) is 6.41. The number of hydrogen-bond donors (Lipinski definition) is 0. The average molecular weight is 193 g/mol. The van der Waals surface area contributed by atoms with Crippen molar-refractivity contribution in [3.63, 3.8) is 0 Å².